The summed E-state index contributed by atoms with van der Waals surface area (Å²) in [5.41, 5.74) is 5.73. The number of halogens is 1. The van der Waals surface area contributed by atoms with Crippen LogP contribution in [0, 0.1) is 11.8 Å². The number of carbonyl (C=O) groups excluding carboxylic acids is 1. The third-order valence-electron chi connectivity index (χ3n) is 4.75. The van der Waals surface area contributed by atoms with E-state index in [1.165, 1.54) is 38.5 Å². The summed E-state index contributed by atoms with van der Waals surface area (Å²) in [7, 11) is 0. The molecule has 0 aromatic heterocycles. The van der Waals surface area contributed by atoms with Crippen LogP contribution in [0.2, 0.25) is 0 Å². The summed E-state index contributed by atoms with van der Waals surface area (Å²) >= 11 is 0. The highest BCUT2D eigenvalue weighted by Crippen LogP contribution is 2.28. The molecule has 1 amide bonds. The molecule has 1 saturated carbocycles. The van der Waals surface area contributed by atoms with Gasteiger partial charge in [0.15, 0.2) is 0 Å². The van der Waals surface area contributed by atoms with Crippen molar-refractivity contribution in [3.8, 4) is 0 Å². The minimum atomic E-state index is 0. The van der Waals surface area contributed by atoms with E-state index in [9.17, 15) is 4.79 Å². The monoisotopic (exact) mass is 288 g/mol. The van der Waals surface area contributed by atoms with Crippen molar-refractivity contribution in [2.45, 2.75) is 64.3 Å². The lowest BCUT2D eigenvalue weighted by atomic mass is 9.96. The average molecular weight is 289 g/mol. The zero-order chi connectivity index (χ0) is 13.0. The van der Waals surface area contributed by atoms with Crippen molar-refractivity contribution in [3.05, 3.63) is 0 Å². The number of carbonyl (C=O) groups is 1. The van der Waals surface area contributed by atoms with Crippen molar-refractivity contribution in [2.75, 3.05) is 13.1 Å². The Bertz CT molecular complexity index is 277. The summed E-state index contributed by atoms with van der Waals surface area (Å²) in [6, 6.07) is 0.400. The molecule has 2 aliphatic rings. The molecule has 2 unspecified atom stereocenters. The fourth-order valence-corrected chi connectivity index (χ4v) is 3.59. The largest absolute Gasteiger partial charge is 0.340 e. The van der Waals surface area contributed by atoms with Gasteiger partial charge in [-0.3, -0.25) is 4.79 Å². The Balaban J connectivity index is 0.00000180. The Morgan fingerprint density at radius 1 is 1.16 bits per heavy atom. The quantitative estimate of drug-likeness (QED) is 0.812. The first-order chi connectivity index (χ1) is 8.70. The summed E-state index contributed by atoms with van der Waals surface area (Å²) < 4.78 is 0. The van der Waals surface area contributed by atoms with Crippen LogP contribution in [0.1, 0.15) is 58.3 Å². The van der Waals surface area contributed by atoms with Gasteiger partial charge in [-0.25, -0.2) is 0 Å². The maximum Gasteiger partial charge on any atom is 0.223 e. The molecular formula is C15H29ClN2O. The van der Waals surface area contributed by atoms with Crippen molar-refractivity contribution in [1.29, 1.82) is 0 Å². The van der Waals surface area contributed by atoms with Crippen LogP contribution in [0.5, 0.6) is 0 Å². The van der Waals surface area contributed by atoms with E-state index in [0.717, 1.165) is 25.9 Å². The summed E-state index contributed by atoms with van der Waals surface area (Å²) in [6.45, 7) is 3.78. The van der Waals surface area contributed by atoms with E-state index < -0.39 is 0 Å². The fourth-order valence-electron chi connectivity index (χ4n) is 3.59. The first-order valence-corrected chi connectivity index (χ1v) is 7.70. The van der Waals surface area contributed by atoms with Crippen LogP contribution in [0.4, 0.5) is 0 Å². The molecule has 1 saturated heterocycles. The average Bonchev–Trinajstić information content (AvgIpc) is 2.57. The number of hydrogen-bond donors (Lipinski definition) is 1. The van der Waals surface area contributed by atoms with E-state index in [1.54, 1.807) is 0 Å². The Morgan fingerprint density at radius 3 is 2.32 bits per heavy atom. The third kappa shape index (κ3) is 4.64. The third-order valence-corrected chi connectivity index (χ3v) is 4.75. The van der Waals surface area contributed by atoms with E-state index in [0.29, 0.717) is 23.8 Å². The Labute approximate surface area is 123 Å². The van der Waals surface area contributed by atoms with E-state index in [-0.39, 0.29) is 12.4 Å². The molecule has 1 aliphatic carbocycles. The lowest BCUT2D eigenvalue weighted by molar-refractivity contribution is -0.132. The lowest BCUT2D eigenvalue weighted by Gasteiger charge is -2.24. The number of rotatable bonds is 3. The highest BCUT2D eigenvalue weighted by molar-refractivity contribution is 5.85. The van der Waals surface area contributed by atoms with Gasteiger partial charge in [-0.05, 0) is 44.6 Å². The molecular weight excluding hydrogens is 260 g/mol. The standard InChI is InChI=1S/C15H28N2O.ClH/c1-12-8-14(10-16)11-17(12)15(18)9-13-6-4-2-3-5-7-13;/h12-14H,2-11,16H2,1H3;1H. The van der Waals surface area contributed by atoms with Crippen molar-refractivity contribution in [1.82, 2.24) is 4.90 Å². The van der Waals surface area contributed by atoms with Gasteiger partial charge in [0.1, 0.15) is 0 Å². The Morgan fingerprint density at radius 2 is 1.79 bits per heavy atom. The predicted molar refractivity (Wildman–Crippen MR) is 81.4 cm³/mol. The predicted octanol–water partition coefficient (Wildman–Crippen LogP) is 2.96. The van der Waals surface area contributed by atoms with Crippen molar-refractivity contribution in [2.24, 2.45) is 17.6 Å². The SMILES string of the molecule is CC1CC(CN)CN1C(=O)CC1CCCCCC1.Cl. The number of nitrogens with zero attached hydrogens (tertiary/aromatic N) is 1. The fraction of sp³-hybridized carbons (Fsp3) is 0.933. The van der Waals surface area contributed by atoms with Gasteiger partial charge in [-0.2, -0.15) is 0 Å². The van der Waals surface area contributed by atoms with Crippen LogP contribution >= 0.6 is 12.4 Å². The molecule has 2 rings (SSSR count). The Hall–Kier alpha value is -0.280. The number of nitrogens with two attached hydrogens (primary N) is 1. The second-order valence-corrected chi connectivity index (χ2v) is 6.29. The van der Waals surface area contributed by atoms with E-state index in [4.69, 9.17) is 5.73 Å². The maximum absolute atomic E-state index is 12.4. The van der Waals surface area contributed by atoms with Crippen molar-refractivity contribution in [3.63, 3.8) is 0 Å². The molecule has 0 aromatic rings. The minimum Gasteiger partial charge on any atom is -0.340 e. The summed E-state index contributed by atoms with van der Waals surface area (Å²) in [6.07, 6.45) is 9.75. The summed E-state index contributed by atoms with van der Waals surface area (Å²) in [4.78, 5) is 14.5. The van der Waals surface area contributed by atoms with Crippen LogP contribution < -0.4 is 5.73 Å². The van der Waals surface area contributed by atoms with Gasteiger partial charge in [-0.15, -0.1) is 12.4 Å². The molecule has 1 heterocycles. The summed E-state index contributed by atoms with van der Waals surface area (Å²) in [5.74, 6) is 1.55. The van der Waals surface area contributed by atoms with Crippen LogP contribution in [-0.2, 0) is 4.79 Å². The number of amides is 1. The second-order valence-electron chi connectivity index (χ2n) is 6.29. The number of likely N-dealkylation sites (tertiary alicyclic amines) is 1. The molecule has 19 heavy (non-hydrogen) atoms. The highest BCUT2D eigenvalue weighted by Gasteiger charge is 2.32. The normalized spacial score (nSPS) is 28.8. The van der Waals surface area contributed by atoms with Gasteiger partial charge in [0.25, 0.3) is 0 Å². The second kappa shape index (κ2) is 8.11. The van der Waals surface area contributed by atoms with Crippen molar-refractivity contribution >= 4 is 18.3 Å². The lowest BCUT2D eigenvalue weighted by Crippen LogP contribution is -2.35. The van der Waals surface area contributed by atoms with E-state index >= 15 is 0 Å². The van der Waals surface area contributed by atoms with Crippen LogP contribution in [-0.4, -0.2) is 29.9 Å². The molecule has 0 radical (unpaired) electrons. The van der Waals surface area contributed by atoms with Gasteiger partial charge >= 0.3 is 0 Å². The molecule has 2 N–H and O–H groups in total. The van der Waals surface area contributed by atoms with Gasteiger partial charge in [0.2, 0.25) is 5.91 Å². The zero-order valence-corrected chi connectivity index (χ0v) is 13.0. The molecule has 1 aliphatic heterocycles. The zero-order valence-electron chi connectivity index (χ0n) is 12.1. The van der Waals surface area contributed by atoms with E-state index in [2.05, 4.69) is 11.8 Å². The maximum atomic E-state index is 12.4. The minimum absolute atomic E-state index is 0. The van der Waals surface area contributed by atoms with Gasteiger partial charge in [0, 0.05) is 19.0 Å². The molecule has 0 bridgehead atoms. The molecule has 0 aromatic carbocycles. The first kappa shape index (κ1) is 16.8. The first-order valence-electron chi connectivity index (χ1n) is 7.70. The van der Waals surface area contributed by atoms with Gasteiger partial charge in [0.05, 0.1) is 0 Å². The van der Waals surface area contributed by atoms with Crippen LogP contribution in [0.15, 0.2) is 0 Å². The van der Waals surface area contributed by atoms with Gasteiger partial charge in [-0.1, -0.05) is 25.7 Å². The van der Waals surface area contributed by atoms with Gasteiger partial charge < -0.3 is 10.6 Å². The molecule has 3 nitrogen and oxygen atoms in total. The summed E-state index contributed by atoms with van der Waals surface area (Å²) in [5, 5.41) is 0. The molecule has 4 heteroatoms. The topological polar surface area (TPSA) is 46.3 Å². The van der Waals surface area contributed by atoms with Crippen molar-refractivity contribution < 1.29 is 4.79 Å². The molecule has 2 fully saturated rings. The smallest absolute Gasteiger partial charge is 0.223 e. The van der Waals surface area contributed by atoms with Crippen LogP contribution in [0.3, 0.4) is 0 Å². The van der Waals surface area contributed by atoms with Crippen LogP contribution in [0.25, 0.3) is 0 Å². The number of hydrogen-bond acceptors (Lipinski definition) is 2. The van der Waals surface area contributed by atoms with E-state index in [1.807, 2.05) is 0 Å². The molecule has 0 spiro atoms. The highest BCUT2D eigenvalue weighted by atomic mass is 35.5. The molecule has 112 valence electrons. The Kier molecular flexibility index (Phi) is 7.16. The molecule has 2 atom stereocenters.